The molecule has 1 aliphatic rings. The van der Waals surface area contributed by atoms with Gasteiger partial charge < -0.3 is 5.32 Å². The van der Waals surface area contributed by atoms with Crippen LogP contribution in [0.4, 0.5) is 9.93 Å². The molecule has 0 unspecified atom stereocenters. The highest BCUT2D eigenvalue weighted by molar-refractivity contribution is 7.20. The lowest BCUT2D eigenvalue weighted by atomic mass is 9.92. The quantitative estimate of drug-likeness (QED) is 0.549. The third kappa shape index (κ3) is 4.29. The summed E-state index contributed by atoms with van der Waals surface area (Å²) in [6.07, 6.45) is 3.11. The van der Waals surface area contributed by atoms with E-state index >= 15 is 0 Å². The first-order valence-electron chi connectivity index (χ1n) is 10.1. The van der Waals surface area contributed by atoms with Crippen molar-refractivity contribution in [1.29, 1.82) is 0 Å². The van der Waals surface area contributed by atoms with Crippen molar-refractivity contribution in [2.75, 3.05) is 11.9 Å². The molecule has 0 spiro atoms. The fraction of sp³-hybridized carbons (Fsp3) is 0.381. The van der Waals surface area contributed by atoms with Gasteiger partial charge in [0.25, 0.3) is 5.91 Å². The maximum atomic E-state index is 12.7. The minimum Gasteiger partial charge on any atom is -0.323 e. The predicted octanol–water partition coefficient (Wildman–Crippen LogP) is 3.14. The van der Waals surface area contributed by atoms with E-state index in [0.717, 1.165) is 22.6 Å². The van der Waals surface area contributed by atoms with Gasteiger partial charge in [-0.25, -0.2) is 14.3 Å². The van der Waals surface area contributed by atoms with E-state index in [1.54, 1.807) is 17.6 Å². The van der Waals surface area contributed by atoms with Crippen molar-refractivity contribution in [2.24, 2.45) is 5.92 Å². The number of hydrogen-bond acceptors (Lipinski definition) is 6. The second kappa shape index (κ2) is 8.10. The van der Waals surface area contributed by atoms with E-state index in [1.807, 2.05) is 30.3 Å². The summed E-state index contributed by atoms with van der Waals surface area (Å²) in [5, 5.41) is 10.1. The van der Waals surface area contributed by atoms with Gasteiger partial charge in [0, 0.05) is 5.56 Å². The van der Waals surface area contributed by atoms with Crippen molar-refractivity contribution >= 4 is 39.3 Å². The van der Waals surface area contributed by atoms with Crippen LogP contribution in [0.5, 0.6) is 0 Å². The summed E-state index contributed by atoms with van der Waals surface area (Å²) < 4.78 is 1.60. The highest BCUT2D eigenvalue weighted by atomic mass is 32.1. The van der Waals surface area contributed by atoms with Crippen LogP contribution >= 0.6 is 11.3 Å². The van der Waals surface area contributed by atoms with Crippen LogP contribution in [0, 0.1) is 5.92 Å². The molecule has 0 bridgehead atoms. The van der Waals surface area contributed by atoms with Gasteiger partial charge in [0.2, 0.25) is 16.0 Å². The minimum atomic E-state index is -0.975. The third-order valence-corrected chi connectivity index (χ3v) is 6.07. The Morgan fingerprint density at radius 1 is 1.26 bits per heavy atom. The number of anilines is 1. The van der Waals surface area contributed by atoms with Gasteiger partial charge in [-0.1, -0.05) is 55.5 Å². The van der Waals surface area contributed by atoms with Gasteiger partial charge in [-0.15, -0.1) is 5.10 Å². The zero-order chi connectivity index (χ0) is 22.2. The number of fused-ring (bicyclic) bond motifs is 1. The maximum absolute atomic E-state index is 12.7. The molecule has 10 heteroatoms. The Kier molecular flexibility index (Phi) is 5.48. The molecule has 1 aliphatic heterocycles. The number of benzene rings is 1. The maximum Gasteiger partial charge on any atom is 0.325 e. The lowest BCUT2D eigenvalue weighted by Crippen LogP contribution is -2.44. The van der Waals surface area contributed by atoms with Crippen LogP contribution in [0.3, 0.4) is 0 Å². The summed E-state index contributed by atoms with van der Waals surface area (Å²) in [4.78, 5) is 43.6. The van der Waals surface area contributed by atoms with E-state index in [2.05, 4.69) is 34.6 Å². The molecule has 9 nitrogen and oxygen atoms in total. The van der Waals surface area contributed by atoms with E-state index in [4.69, 9.17) is 0 Å². The van der Waals surface area contributed by atoms with E-state index in [0.29, 0.717) is 22.4 Å². The van der Waals surface area contributed by atoms with Crippen LogP contribution in [0.1, 0.15) is 33.6 Å². The van der Waals surface area contributed by atoms with Gasteiger partial charge in [-0.05, 0) is 25.7 Å². The number of urea groups is 1. The van der Waals surface area contributed by atoms with Gasteiger partial charge >= 0.3 is 6.03 Å². The molecule has 3 heterocycles. The highest BCUT2D eigenvalue weighted by Gasteiger charge is 2.47. The summed E-state index contributed by atoms with van der Waals surface area (Å²) in [7, 11) is 0. The highest BCUT2D eigenvalue weighted by Crippen LogP contribution is 2.26. The molecule has 1 atom stereocenters. The number of hydrogen-bond donors (Lipinski definition) is 2. The Morgan fingerprint density at radius 2 is 2.00 bits per heavy atom. The van der Waals surface area contributed by atoms with Crippen LogP contribution in [0.25, 0.3) is 16.2 Å². The van der Waals surface area contributed by atoms with Gasteiger partial charge in [-0.3, -0.25) is 19.8 Å². The van der Waals surface area contributed by atoms with Crippen LogP contribution in [-0.2, 0) is 9.59 Å². The van der Waals surface area contributed by atoms with Crippen molar-refractivity contribution in [3.63, 3.8) is 0 Å². The van der Waals surface area contributed by atoms with Crippen LogP contribution in [0.15, 0.2) is 36.5 Å². The monoisotopic (exact) mass is 440 g/mol. The summed E-state index contributed by atoms with van der Waals surface area (Å²) >= 11 is 1.22. The number of imidazole rings is 1. The molecular weight excluding hydrogens is 416 g/mol. The molecule has 0 saturated carbocycles. The van der Waals surface area contributed by atoms with Crippen LogP contribution in [0.2, 0.25) is 0 Å². The number of aromatic nitrogens is 3. The third-order valence-electron chi connectivity index (χ3n) is 5.23. The summed E-state index contributed by atoms with van der Waals surface area (Å²) in [5.41, 5.74) is 0.791. The molecule has 2 N–H and O–H groups in total. The SMILES string of the molecule is CC(C)CC[C@]1(C)NC(=O)N(CC(=O)Nc2nn3cc(-c4ccccc4)nc3s2)C1=O. The largest absolute Gasteiger partial charge is 0.325 e. The number of nitrogens with one attached hydrogen (secondary N) is 2. The average molecular weight is 441 g/mol. The van der Waals surface area contributed by atoms with E-state index in [-0.39, 0.29) is 12.5 Å². The second-order valence-electron chi connectivity index (χ2n) is 8.26. The normalized spacial score (nSPS) is 18.8. The Morgan fingerprint density at radius 3 is 2.68 bits per heavy atom. The van der Waals surface area contributed by atoms with Gasteiger partial charge in [0.1, 0.15) is 12.1 Å². The van der Waals surface area contributed by atoms with Crippen molar-refractivity contribution in [3.8, 4) is 11.3 Å². The number of imide groups is 1. The Hall–Kier alpha value is -3.27. The van der Waals surface area contributed by atoms with Gasteiger partial charge in [0.05, 0.1) is 11.9 Å². The molecule has 2 aromatic heterocycles. The zero-order valence-corrected chi connectivity index (χ0v) is 18.4. The first-order valence-corrected chi connectivity index (χ1v) is 10.9. The van der Waals surface area contributed by atoms with Crippen molar-refractivity contribution < 1.29 is 14.4 Å². The topological polar surface area (TPSA) is 109 Å². The fourth-order valence-electron chi connectivity index (χ4n) is 3.44. The molecule has 1 fully saturated rings. The predicted molar refractivity (Wildman–Crippen MR) is 118 cm³/mol. The number of rotatable bonds is 7. The Labute approximate surface area is 183 Å². The molecule has 162 valence electrons. The Bertz CT molecular complexity index is 1110. The second-order valence-corrected chi connectivity index (χ2v) is 9.22. The average Bonchev–Trinajstić information content (AvgIpc) is 3.34. The molecule has 4 rings (SSSR count). The Balaban J connectivity index is 1.40. The molecule has 0 aliphatic carbocycles. The van der Waals surface area contributed by atoms with Crippen molar-refractivity contribution in [2.45, 2.75) is 39.2 Å². The summed E-state index contributed by atoms with van der Waals surface area (Å²) in [6, 6.07) is 9.18. The molecule has 0 radical (unpaired) electrons. The van der Waals surface area contributed by atoms with Crippen molar-refractivity contribution in [1.82, 2.24) is 24.8 Å². The molecule has 1 saturated heterocycles. The van der Waals surface area contributed by atoms with E-state index in [9.17, 15) is 14.4 Å². The van der Waals surface area contributed by atoms with Crippen LogP contribution in [-0.4, -0.2) is 49.4 Å². The van der Waals surface area contributed by atoms with Crippen LogP contribution < -0.4 is 10.6 Å². The van der Waals surface area contributed by atoms with E-state index in [1.165, 1.54) is 11.3 Å². The summed E-state index contributed by atoms with van der Waals surface area (Å²) in [6.45, 7) is 5.46. The number of amides is 4. The lowest BCUT2D eigenvalue weighted by Gasteiger charge is -2.22. The summed E-state index contributed by atoms with van der Waals surface area (Å²) in [5.74, 6) is -0.461. The zero-order valence-electron chi connectivity index (χ0n) is 17.6. The minimum absolute atomic E-state index is 0.349. The molecule has 1 aromatic carbocycles. The van der Waals surface area contributed by atoms with Crippen molar-refractivity contribution in [3.05, 3.63) is 36.5 Å². The molecule has 31 heavy (non-hydrogen) atoms. The molecule has 4 amide bonds. The van der Waals surface area contributed by atoms with E-state index < -0.39 is 17.5 Å². The smallest absolute Gasteiger partial charge is 0.323 e. The number of carbonyl (C=O) groups is 3. The first kappa shape index (κ1) is 21.0. The molecule has 3 aromatic rings. The standard InChI is InChI=1S/C21H24N6O3S/c1-13(2)9-10-21(3)17(29)26(19(30)24-21)12-16(28)23-18-25-27-11-15(22-20(27)31-18)14-7-5-4-6-8-14/h4-8,11,13H,9-10,12H2,1-3H3,(H,24,30)(H,23,25,28)/t21-/m0/s1. The molecular formula is C21H24N6O3S. The lowest BCUT2D eigenvalue weighted by molar-refractivity contribution is -0.133. The van der Waals surface area contributed by atoms with Gasteiger partial charge in [0.15, 0.2) is 0 Å². The fourth-order valence-corrected chi connectivity index (χ4v) is 4.24. The number of carbonyl (C=O) groups excluding carboxylic acids is 3. The van der Waals surface area contributed by atoms with Gasteiger partial charge in [-0.2, -0.15) is 0 Å². The first-order chi connectivity index (χ1) is 14.7. The number of nitrogens with zero attached hydrogens (tertiary/aromatic N) is 4.